The Hall–Kier alpha value is -4.79. The molecule has 3 heterocycles. The second-order valence-corrected chi connectivity index (χ2v) is 7.22. The maximum absolute atomic E-state index is 13.4. The second-order valence-electron chi connectivity index (χ2n) is 7.22. The van der Waals surface area contributed by atoms with Crippen molar-refractivity contribution in [2.75, 3.05) is 5.32 Å². The topological polar surface area (TPSA) is 102 Å². The first-order valence-corrected chi connectivity index (χ1v) is 9.92. The van der Waals surface area contributed by atoms with Crippen LogP contribution in [0.15, 0.2) is 85.3 Å². The first-order chi connectivity index (χ1) is 16.0. The highest BCUT2D eigenvalue weighted by molar-refractivity contribution is 6.04. The fourth-order valence-electron chi connectivity index (χ4n) is 3.65. The van der Waals surface area contributed by atoms with Crippen LogP contribution in [0.2, 0.25) is 0 Å². The summed E-state index contributed by atoms with van der Waals surface area (Å²) in [6.07, 6.45) is 3.53. The summed E-state index contributed by atoms with van der Waals surface area (Å²) in [5.74, 6) is -0.915. The third-order valence-corrected chi connectivity index (χ3v) is 5.14. The van der Waals surface area contributed by atoms with Gasteiger partial charge in [0.05, 0.1) is 23.1 Å². The zero-order valence-corrected chi connectivity index (χ0v) is 17.0. The van der Waals surface area contributed by atoms with Crippen LogP contribution in [0.1, 0.15) is 10.4 Å². The van der Waals surface area contributed by atoms with E-state index in [4.69, 9.17) is 0 Å². The molecule has 5 aromatic rings. The van der Waals surface area contributed by atoms with Crippen LogP contribution in [-0.4, -0.2) is 36.3 Å². The minimum absolute atomic E-state index is 0.213. The van der Waals surface area contributed by atoms with Crippen molar-refractivity contribution >= 4 is 23.3 Å². The lowest BCUT2D eigenvalue weighted by atomic mass is 10.1. The Kier molecular flexibility index (Phi) is 4.91. The molecule has 8 nitrogen and oxygen atoms in total. The van der Waals surface area contributed by atoms with Gasteiger partial charge in [-0.25, -0.2) is 18.7 Å². The van der Waals surface area contributed by atoms with E-state index in [-0.39, 0.29) is 5.56 Å². The number of nitrogens with zero attached hydrogens (tertiary/aromatic N) is 4. The highest BCUT2D eigenvalue weighted by Crippen LogP contribution is 2.28. The maximum Gasteiger partial charge on any atom is 0.416 e. The second kappa shape index (κ2) is 8.04. The number of halogens is 1. The van der Waals surface area contributed by atoms with Crippen molar-refractivity contribution in [3.8, 4) is 22.5 Å². The SMILES string of the molecule is O=C(Nc1cccc(-c2ccnc3c(-c4cccn4C(=O)O)cnn23)c1)c1cccc(F)c1. The molecule has 0 aliphatic carbocycles. The number of carbonyl (C=O) groups excluding carboxylic acids is 1. The zero-order chi connectivity index (χ0) is 22.9. The molecular formula is C24H16FN5O3. The van der Waals surface area contributed by atoms with Crippen molar-refractivity contribution < 1.29 is 19.1 Å². The van der Waals surface area contributed by atoms with E-state index in [0.717, 1.165) is 10.1 Å². The predicted octanol–water partition coefficient (Wildman–Crippen LogP) is 4.78. The van der Waals surface area contributed by atoms with Gasteiger partial charge in [0.2, 0.25) is 0 Å². The summed E-state index contributed by atoms with van der Waals surface area (Å²) >= 11 is 0. The van der Waals surface area contributed by atoms with Crippen molar-refractivity contribution in [2.45, 2.75) is 0 Å². The molecule has 0 fully saturated rings. The van der Waals surface area contributed by atoms with Gasteiger partial charge in [0, 0.05) is 29.2 Å². The molecule has 9 heteroatoms. The van der Waals surface area contributed by atoms with Crippen molar-refractivity contribution in [1.82, 2.24) is 19.2 Å². The van der Waals surface area contributed by atoms with Crippen LogP contribution in [-0.2, 0) is 0 Å². The number of rotatable bonds is 4. The molecule has 0 saturated carbocycles. The van der Waals surface area contributed by atoms with Crippen molar-refractivity contribution in [2.24, 2.45) is 0 Å². The number of amides is 1. The summed E-state index contributed by atoms with van der Waals surface area (Å²) in [5, 5.41) is 16.6. The minimum atomic E-state index is -1.10. The molecule has 0 unspecified atom stereocenters. The molecule has 5 rings (SSSR count). The number of carbonyl (C=O) groups is 2. The van der Waals surface area contributed by atoms with Gasteiger partial charge in [0.25, 0.3) is 5.91 Å². The molecule has 0 radical (unpaired) electrons. The molecule has 1 amide bonds. The molecule has 0 aliphatic heterocycles. The minimum Gasteiger partial charge on any atom is -0.464 e. The normalized spacial score (nSPS) is 10.9. The Morgan fingerprint density at radius 1 is 0.970 bits per heavy atom. The largest absolute Gasteiger partial charge is 0.464 e. The third kappa shape index (κ3) is 3.72. The van der Waals surface area contributed by atoms with Crippen LogP contribution < -0.4 is 5.32 Å². The highest BCUT2D eigenvalue weighted by Gasteiger charge is 2.17. The molecule has 2 N–H and O–H groups in total. The van der Waals surface area contributed by atoms with Crippen LogP contribution in [0.3, 0.4) is 0 Å². The molecular weight excluding hydrogens is 425 g/mol. The van der Waals surface area contributed by atoms with Gasteiger partial charge in [-0.15, -0.1) is 0 Å². The van der Waals surface area contributed by atoms with Gasteiger partial charge in [-0.05, 0) is 48.5 Å². The first-order valence-electron chi connectivity index (χ1n) is 9.92. The van der Waals surface area contributed by atoms with Gasteiger partial charge in [-0.1, -0.05) is 18.2 Å². The van der Waals surface area contributed by atoms with E-state index in [1.807, 2.05) is 6.07 Å². The summed E-state index contributed by atoms with van der Waals surface area (Å²) in [7, 11) is 0. The molecule has 0 bridgehead atoms. The van der Waals surface area contributed by atoms with Gasteiger partial charge in [0.15, 0.2) is 5.65 Å². The van der Waals surface area contributed by atoms with Crippen molar-refractivity contribution in [3.05, 3.63) is 96.7 Å². The number of anilines is 1. The van der Waals surface area contributed by atoms with Gasteiger partial charge in [-0.2, -0.15) is 5.10 Å². The Labute approximate surface area is 186 Å². The van der Waals surface area contributed by atoms with Crippen LogP contribution >= 0.6 is 0 Å². The van der Waals surface area contributed by atoms with Gasteiger partial charge < -0.3 is 10.4 Å². The monoisotopic (exact) mass is 441 g/mol. The lowest BCUT2D eigenvalue weighted by molar-refractivity contribution is 0.102. The smallest absolute Gasteiger partial charge is 0.416 e. The summed E-state index contributed by atoms with van der Waals surface area (Å²) in [6, 6.07) is 17.7. The van der Waals surface area contributed by atoms with Crippen LogP contribution in [0, 0.1) is 5.82 Å². The highest BCUT2D eigenvalue weighted by atomic mass is 19.1. The van der Waals surface area contributed by atoms with Crippen LogP contribution in [0.4, 0.5) is 14.9 Å². The van der Waals surface area contributed by atoms with Gasteiger partial charge in [-0.3, -0.25) is 9.36 Å². The molecule has 0 aliphatic rings. The van der Waals surface area contributed by atoms with Crippen LogP contribution in [0.25, 0.3) is 28.2 Å². The van der Waals surface area contributed by atoms with E-state index < -0.39 is 17.8 Å². The van der Waals surface area contributed by atoms with E-state index in [9.17, 15) is 19.1 Å². The molecule has 3 aromatic heterocycles. The number of hydrogen-bond donors (Lipinski definition) is 2. The zero-order valence-electron chi connectivity index (χ0n) is 17.0. The Morgan fingerprint density at radius 3 is 2.64 bits per heavy atom. The number of hydrogen-bond acceptors (Lipinski definition) is 4. The van der Waals surface area contributed by atoms with E-state index >= 15 is 0 Å². The van der Waals surface area contributed by atoms with Gasteiger partial charge in [0.1, 0.15) is 5.82 Å². The molecule has 0 spiro atoms. The molecule has 0 saturated heterocycles. The Bertz CT molecular complexity index is 1520. The fourth-order valence-corrected chi connectivity index (χ4v) is 3.65. The van der Waals surface area contributed by atoms with E-state index in [2.05, 4.69) is 15.4 Å². The van der Waals surface area contributed by atoms with Crippen LogP contribution in [0.5, 0.6) is 0 Å². The summed E-state index contributed by atoms with van der Waals surface area (Å²) in [6.45, 7) is 0. The number of fused-ring (bicyclic) bond motifs is 1. The van der Waals surface area contributed by atoms with E-state index in [0.29, 0.717) is 28.3 Å². The molecule has 0 atom stereocenters. The summed E-state index contributed by atoms with van der Waals surface area (Å²) in [5.41, 5.74) is 3.70. The maximum atomic E-state index is 13.4. The number of carboxylic acid groups (broad SMARTS) is 1. The third-order valence-electron chi connectivity index (χ3n) is 5.14. The standard InChI is InChI=1S/C24H16FN5O3/c25-17-6-1-5-16(12-17)23(31)28-18-7-2-4-15(13-18)20-9-10-26-22-19(14-27-30(20)22)21-8-3-11-29(21)24(32)33/h1-14H,(H,28,31)(H,32,33). The van der Waals surface area contributed by atoms with E-state index in [1.165, 1.54) is 30.5 Å². The Balaban J connectivity index is 1.51. The lowest BCUT2D eigenvalue weighted by Gasteiger charge is -2.09. The molecule has 33 heavy (non-hydrogen) atoms. The molecule has 2 aromatic carbocycles. The van der Waals surface area contributed by atoms with Crippen molar-refractivity contribution in [3.63, 3.8) is 0 Å². The lowest BCUT2D eigenvalue weighted by Crippen LogP contribution is -2.12. The van der Waals surface area contributed by atoms with Crippen molar-refractivity contribution in [1.29, 1.82) is 0 Å². The predicted molar refractivity (Wildman–Crippen MR) is 120 cm³/mol. The number of aromatic nitrogens is 4. The number of nitrogens with one attached hydrogen (secondary N) is 1. The first kappa shape index (κ1) is 20.1. The summed E-state index contributed by atoms with van der Waals surface area (Å²) < 4.78 is 16.2. The fraction of sp³-hybridized carbons (Fsp3) is 0. The summed E-state index contributed by atoms with van der Waals surface area (Å²) in [4.78, 5) is 28.4. The quantitative estimate of drug-likeness (QED) is 0.418. The van der Waals surface area contributed by atoms with E-state index in [1.54, 1.807) is 53.3 Å². The van der Waals surface area contributed by atoms with Gasteiger partial charge >= 0.3 is 6.09 Å². The average Bonchev–Trinajstić information content (AvgIpc) is 3.46. The Morgan fingerprint density at radius 2 is 1.82 bits per heavy atom. The number of benzene rings is 2. The average molecular weight is 441 g/mol. The molecule has 162 valence electrons.